The number of fused-ring (bicyclic) bond motifs is 1. The molecule has 2 N–H and O–H groups in total. The lowest BCUT2D eigenvalue weighted by atomic mass is 10.1. The third kappa shape index (κ3) is 2.12. The van der Waals surface area contributed by atoms with E-state index < -0.39 is 0 Å². The SMILES string of the molecule is COc1cc(N)ccc1CN1C(=O)c2ccccc2C1=O. The molecule has 5 heteroatoms. The number of amides is 2. The monoisotopic (exact) mass is 282 g/mol. The van der Waals surface area contributed by atoms with Crippen molar-refractivity contribution >= 4 is 17.5 Å². The first kappa shape index (κ1) is 13.2. The molecule has 0 radical (unpaired) electrons. The van der Waals surface area contributed by atoms with Gasteiger partial charge in [-0.3, -0.25) is 14.5 Å². The second kappa shape index (κ2) is 4.94. The van der Waals surface area contributed by atoms with Gasteiger partial charge in [-0.2, -0.15) is 0 Å². The molecule has 0 atom stereocenters. The number of benzene rings is 2. The first-order valence-corrected chi connectivity index (χ1v) is 6.49. The Balaban J connectivity index is 1.94. The molecule has 21 heavy (non-hydrogen) atoms. The zero-order valence-corrected chi connectivity index (χ0v) is 11.5. The van der Waals surface area contributed by atoms with Gasteiger partial charge in [-0.15, -0.1) is 0 Å². The van der Waals surface area contributed by atoms with Crippen molar-refractivity contribution < 1.29 is 14.3 Å². The van der Waals surface area contributed by atoms with Crippen molar-refractivity contribution in [1.82, 2.24) is 4.90 Å². The number of anilines is 1. The molecule has 2 aromatic rings. The van der Waals surface area contributed by atoms with Gasteiger partial charge in [0.05, 0.1) is 24.8 Å². The molecule has 0 saturated heterocycles. The Labute approximate surface area is 121 Å². The molecule has 0 unspecified atom stereocenters. The predicted octanol–water partition coefficient (Wildman–Crippen LogP) is 2.07. The average Bonchev–Trinajstić information content (AvgIpc) is 2.74. The fourth-order valence-electron chi connectivity index (χ4n) is 2.44. The number of rotatable bonds is 3. The predicted molar refractivity (Wildman–Crippen MR) is 78.1 cm³/mol. The maximum atomic E-state index is 12.3. The minimum absolute atomic E-state index is 0.163. The van der Waals surface area contributed by atoms with Crippen molar-refractivity contribution in [2.45, 2.75) is 6.54 Å². The lowest BCUT2D eigenvalue weighted by Crippen LogP contribution is -2.29. The molecule has 2 amide bonds. The van der Waals surface area contributed by atoms with E-state index in [2.05, 4.69) is 0 Å². The van der Waals surface area contributed by atoms with Gasteiger partial charge in [0.25, 0.3) is 11.8 Å². The number of ether oxygens (including phenoxy) is 1. The maximum absolute atomic E-state index is 12.3. The number of carbonyl (C=O) groups is 2. The molecule has 0 aromatic heterocycles. The Morgan fingerprint density at radius 3 is 2.24 bits per heavy atom. The molecule has 3 rings (SSSR count). The summed E-state index contributed by atoms with van der Waals surface area (Å²) < 4.78 is 5.25. The van der Waals surface area contributed by atoms with E-state index >= 15 is 0 Å². The van der Waals surface area contributed by atoms with Crippen LogP contribution in [0.3, 0.4) is 0 Å². The third-order valence-corrected chi connectivity index (χ3v) is 3.52. The van der Waals surface area contributed by atoms with Gasteiger partial charge in [-0.25, -0.2) is 0 Å². The van der Waals surface area contributed by atoms with E-state index in [1.165, 1.54) is 12.0 Å². The van der Waals surface area contributed by atoms with Crippen molar-refractivity contribution in [3.05, 3.63) is 59.2 Å². The summed E-state index contributed by atoms with van der Waals surface area (Å²) in [6, 6.07) is 12.0. The number of hydrogen-bond donors (Lipinski definition) is 1. The van der Waals surface area contributed by atoms with Gasteiger partial charge < -0.3 is 10.5 Å². The molecule has 1 aliphatic heterocycles. The van der Waals surface area contributed by atoms with Crippen LogP contribution in [-0.4, -0.2) is 23.8 Å². The number of nitrogens with zero attached hydrogens (tertiary/aromatic N) is 1. The van der Waals surface area contributed by atoms with Crippen molar-refractivity contribution in [1.29, 1.82) is 0 Å². The summed E-state index contributed by atoms with van der Waals surface area (Å²) in [5.74, 6) is -0.00416. The topological polar surface area (TPSA) is 72.6 Å². The highest BCUT2D eigenvalue weighted by Crippen LogP contribution is 2.28. The minimum Gasteiger partial charge on any atom is -0.496 e. The molecule has 0 spiro atoms. The van der Waals surface area contributed by atoms with Crippen LogP contribution in [0.4, 0.5) is 5.69 Å². The highest BCUT2D eigenvalue weighted by Gasteiger charge is 2.35. The first-order chi connectivity index (χ1) is 10.1. The van der Waals surface area contributed by atoms with Gasteiger partial charge in [0, 0.05) is 17.3 Å². The molecule has 0 bridgehead atoms. The quantitative estimate of drug-likeness (QED) is 0.691. The fourth-order valence-corrected chi connectivity index (χ4v) is 2.44. The van der Waals surface area contributed by atoms with E-state index in [0.29, 0.717) is 22.6 Å². The number of imide groups is 1. The molecule has 2 aromatic carbocycles. The van der Waals surface area contributed by atoms with Gasteiger partial charge in [-0.05, 0) is 18.2 Å². The largest absolute Gasteiger partial charge is 0.496 e. The summed E-state index contributed by atoms with van der Waals surface area (Å²) in [6.45, 7) is 0.163. The minimum atomic E-state index is -0.283. The fraction of sp³-hybridized carbons (Fsp3) is 0.125. The van der Waals surface area contributed by atoms with Crippen LogP contribution in [0.5, 0.6) is 5.75 Å². The number of nitrogen functional groups attached to an aromatic ring is 1. The lowest BCUT2D eigenvalue weighted by molar-refractivity contribution is 0.0641. The number of hydrogen-bond acceptors (Lipinski definition) is 4. The molecule has 5 nitrogen and oxygen atoms in total. The highest BCUT2D eigenvalue weighted by atomic mass is 16.5. The van der Waals surface area contributed by atoms with E-state index in [0.717, 1.165) is 5.56 Å². The molecule has 1 aliphatic rings. The number of methoxy groups -OCH3 is 1. The molecule has 1 heterocycles. The molecular weight excluding hydrogens is 268 g/mol. The van der Waals surface area contributed by atoms with Gasteiger partial charge in [-0.1, -0.05) is 18.2 Å². The molecule has 0 saturated carbocycles. The van der Waals surface area contributed by atoms with Crippen LogP contribution in [0.15, 0.2) is 42.5 Å². The second-order valence-corrected chi connectivity index (χ2v) is 4.81. The van der Waals surface area contributed by atoms with Crippen LogP contribution in [0.25, 0.3) is 0 Å². The summed E-state index contributed by atoms with van der Waals surface area (Å²) in [6.07, 6.45) is 0. The van der Waals surface area contributed by atoms with Gasteiger partial charge in [0.1, 0.15) is 5.75 Å². The van der Waals surface area contributed by atoms with E-state index in [1.807, 2.05) is 0 Å². The molecular formula is C16H14N2O3. The first-order valence-electron chi connectivity index (χ1n) is 6.49. The van der Waals surface area contributed by atoms with Crippen LogP contribution >= 0.6 is 0 Å². The van der Waals surface area contributed by atoms with Crippen LogP contribution in [0.1, 0.15) is 26.3 Å². The Kier molecular flexibility index (Phi) is 3.10. The normalized spacial score (nSPS) is 13.5. The summed E-state index contributed by atoms with van der Waals surface area (Å²) in [5.41, 5.74) is 7.90. The lowest BCUT2D eigenvalue weighted by Gasteiger charge is -2.16. The Bertz CT molecular complexity index is 705. The molecule has 0 fully saturated rings. The van der Waals surface area contributed by atoms with E-state index in [9.17, 15) is 9.59 Å². The summed E-state index contributed by atoms with van der Waals surface area (Å²) in [5, 5.41) is 0. The Hall–Kier alpha value is -2.82. The van der Waals surface area contributed by atoms with Crippen molar-refractivity contribution in [3.8, 4) is 5.75 Å². The summed E-state index contributed by atoms with van der Waals surface area (Å²) in [4.78, 5) is 25.9. The smallest absolute Gasteiger partial charge is 0.261 e. The van der Waals surface area contributed by atoms with Gasteiger partial charge in [0.2, 0.25) is 0 Å². The van der Waals surface area contributed by atoms with Crippen molar-refractivity contribution in [2.24, 2.45) is 0 Å². The highest BCUT2D eigenvalue weighted by molar-refractivity contribution is 6.21. The van der Waals surface area contributed by atoms with Crippen LogP contribution < -0.4 is 10.5 Å². The standard InChI is InChI=1S/C16H14N2O3/c1-21-14-8-11(17)7-6-10(14)9-18-15(19)12-4-2-3-5-13(12)16(18)20/h2-8H,9,17H2,1H3. The maximum Gasteiger partial charge on any atom is 0.261 e. The van der Waals surface area contributed by atoms with E-state index in [-0.39, 0.29) is 18.4 Å². The third-order valence-electron chi connectivity index (χ3n) is 3.52. The Morgan fingerprint density at radius 2 is 1.67 bits per heavy atom. The summed E-state index contributed by atoms with van der Waals surface area (Å²) in [7, 11) is 1.53. The number of nitrogens with two attached hydrogens (primary N) is 1. The molecule has 0 aliphatic carbocycles. The van der Waals surface area contributed by atoms with Crippen LogP contribution in [0.2, 0.25) is 0 Å². The number of carbonyl (C=O) groups excluding carboxylic acids is 2. The van der Waals surface area contributed by atoms with Gasteiger partial charge in [0.15, 0.2) is 0 Å². The van der Waals surface area contributed by atoms with E-state index in [1.54, 1.807) is 42.5 Å². The van der Waals surface area contributed by atoms with Crippen LogP contribution in [0, 0.1) is 0 Å². The van der Waals surface area contributed by atoms with Gasteiger partial charge >= 0.3 is 0 Å². The zero-order chi connectivity index (χ0) is 15.0. The zero-order valence-electron chi connectivity index (χ0n) is 11.5. The average molecular weight is 282 g/mol. The second-order valence-electron chi connectivity index (χ2n) is 4.81. The summed E-state index contributed by atoms with van der Waals surface area (Å²) >= 11 is 0. The Morgan fingerprint density at radius 1 is 1.05 bits per heavy atom. The van der Waals surface area contributed by atoms with Crippen molar-refractivity contribution in [3.63, 3.8) is 0 Å². The molecule has 106 valence electrons. The van der Waals surface area contributed by atoms with E-state index in [4.69, 9.17) is 10.5 Å². The van der Waals surface area contributed by atoms with Crippen molar-refractivity contribution in [2.75, 3.05) is 12.8 Å². The van der Waals surface area contributed by atoms with Crippen LogP contribution in [-0.2, 0) is 6.54 Å².